The molecule has 0 atom stereocenters. The highest BCUT2D eigenvalue weighted by Gasteiger charge is 2.28. The molecular weight excluding hydrogens is 565 g/mol. The van der Waals surface area contributed by atoms with E-state index in [0.29, 0.717) is 22.2 Å². The summed E-state index contributed by atoms with van der Waals surface area (Å²) in [5.74, 6) is -1.36. The number of H-pyrrole nitrogens is 1. The van der Waals surface area contributed by atoms with Crippen LogP contribution in [-0.2, 0) is 6.54 Å². The van der Waals surface area contributed by atoms with E-state index < -0.39 is 23.0 Å². The minimum absolute atomic E-state index is 0.0373. The van der Waals surface area contributed by atoms with Crippen molar-refractivity contribution in [1.82, 2.24) is 24.5 Å². The zero-order valence-corrected chi connectivity index (χ0v) is 26.5. The van der Waals surface area contributed by atoms with E-state index >= 15 is 0 Å². The van der Waals surface area contributed by atoms with Gasteiger partial charge >= 0.3 is 5.69 Å². The molecule has 0 unspecified atom stereocenters. The van der Waals surface area contributed by atoms with Crippen molar-refractivity contribution in [2.24, 2.45) is 0 Å². The number of nitrogens with one attached hydrogen (secondary N) is 1. The number of carbonyl (C=O) groups is 2. The average Bonchev–Trinajstić information content (AvgIpc) is 3.51. The standard InChI is InChI=1S/C25H22FN5O5.C4H8.2C2H6/c1-15-12-21(36-28-15)24(34)30-10-8-29(9-11-30)23(33)18-13-16(6-7-19(18)26)14-31-20-5-3-2-4-17(20)22(32)27-25(31)35;1-3-4-2;2*1-2/h2-7,12-13H,8-11,14H2,1H3,(H,27,32,35);3-4H,1-2H3;2*1-2H3/b;4-3-;;. The monoisotopic (exact) mass is 607 g/mol. The first-order chi connectivity index (χ1) is 21.2. The van der Waals surface area contributed by atoms with Crippen LogP contribution < -0.4 is 11.2 Å². The molecule has 11 heteroatoms. The van der Waals surface area contributed by atoms with Crippen molar-refractivity contribution in [1.29, 1.82) is 0 Å². The van der Waals surface area contributed by atoms with Crippen LogP contribution in [0, 0.1) is 12.7 Å². The maximum atomic E-state index is 14.7. The number of allylic oxidation sites excluding steroid dienone is 2. The Kier molecular flexibility index (Phi) is 14.0. The minimum atomic E-state index is -0.682. The van der Waals surface area contributed by atoms with Crippen LogP contribution >= 0.6 is 0 Å². The van der Waals surface area contributed by atoms with Crippen molar-refractivity contribution in [2.45, 2.75) is 55.0 Å². The molecule has 0 bridgehead atoms. The Morgan fingerprint density at radius 2 is 1.50 bits per heavy atom. The van der Waals surface area contributed by atoms with Crippen LogP contribution in [0.1, 0.15) is 73.7 Å². The van der Waals surface area contributed by atoms with E-state index in [1.165, 1.54) is 27.7 Å². The van der Waals surface area contributed by atoms with Crippen LogP contribution in [0.15, 0.2) is 74.8 Å². The number of hydrogen-bond donors (Lipinski definition) is 1. The van der Waals surface area contributed by atoms with E-state index in [1.807, 2.05) is 53.7 Å². The van der Waals surface area contributed by atoms with E-state index in [4.69, 9.17) is 4.52 Å². The van der Waals surface area contributed by atoms with Gasteiger partial charge in [-0.05, 0) is 50.6 Å². The third kappa shape index (κ3) is 8.62. The lowest BCUT2D eigenvalue weighted by Gasteiger charge is -2.34. The highest BCUT2D eigenvalue weighted by Crippen LogP contribution is 2.18. The molecule has 10 nitrogen and oxygen atoms in total. The Labute approximate surface area is 256 Å². The summed E-state index contributed by atoms with van der Waals surface area (Å²) in [4.78, 5) is 55.6. The number of halogens is 1. The average molecular weight is 608 g/mol. The molecule has 4 aromatic rings. The van der Waals surface area contributed by atoms with Gasteiger partial charge in [0, 0.05) is 32.2 Å². The summed E-state index contributed by atoms with van der Waals surface area (Å²) < 4.78 is 21.1. The van der Waals surface area contributed by atoms with Gasteiger partial charge in [0.25, 0.3) is 17.4 Å². The predicted octanol–water partition coefficient (Wildman–Crippen LogP) is 5.41. The van der Waals surface area contributed by atoms with Gasteiger partial charge in [0.15, 0.2) is 0 Å². The third-order valence-electron chi connectivity index (χ3n) is 6.53. The highest BCUT2D eigenvalue weighted by atomic mass is 19.1. The Morgan fingerprint density at radius 1 is 0.909 bits per heavy atom. The Balaban J connectivity index is 0.000000768. The van der Waals surface area contributed by atoms with Crippen LogP contribution in [-0.4, -0.2) is 62.5 Å². The second-order valence-corrected chi connectivity index (χ2v) is 9.26. The zero-order chi connectivity index (χ0) is 32.8. The molecule has 0 saturated carbocycles. The number of aromatic amines is 1. The van der Waals surface area contributed by atoms with Crippen molar-refractivity contribution in [3.05, 3.63) is 110 Å². The molecule has 0 aliphatic carbocycles. The molecule has 0 spiro atoms. The molecule has 0 radical (unpaired) electrons. The van der Waals surface area contributed by atoms with Gasteiger partial charge in [-0.1, -0.05) is 63.2 Å². The topological polar surface area (TPSA) is 122 Å². The molecule has 236 valence electrons. The normalized spacial score (nSPS) is 12.5. The van der Waals surface area contributed by atoms with Crippen LogP contribution in [0.25, 0.3) is 10.9 Å². The fraction of sp³-hybridized carbons (Fsp3) is 0.364. The third-order valence-corrected chi connectivity index (χ3v) is 6.53. The Bertz CT molecular complexity index is 1680. The quantitative estimate of drug-likeness (QED) is 0.310. The van der Waals surface area contributed by atoms with Gasteiger partial charge in [-0.3, -0.25) is 23.9 Å². The number of nitrogens with zero attached hydrogens (tertiary/aromatic N) is 4. The maximum Gasteiger partial charge on any atom is 0.329 e. The summed E-state index contributed by atoms with van der Waals surface area (Å²) in [6, 6.07) is 12.3. The summed E-state index contributed by atoms with van der Waals surface area (Å²) in [5.41, 5.74) is 0.343. The summed E-state index contributed by atoms with van der Waals surface area (Å²) in [7, 11) is 0. The van der Waals surface area contributed by atoms with E-state index in [2.05, 4.69) is 10.1 Å². The van der Waals surface area contributed by atoms with Gasteiger partial charge in [-0.25, -0.2) is 9.18 Å². The molecule has 3 heterocycles. The number of amides is 2. The van der Waals surface area contributed by atoms with Crippen LogP contribution in [0.2, 0.25) is 0 Å². The maximum absolute atomic E-state index is 14.7. The van der Waals surface area contributed by atoms with Crippen molar-refractivity contribution in [3.8, 4) is 0 Å². The lowest BCUT2D eigenvalue weighted by Crippen LogP contribution is -2.50. The summed E-state index contributed by atoms with van der Waals surface area (Å²) in [5, 5.41) is 4.07. The van der Waals surface area contributed by atoms with Gasteiger partial charge < -0.3 is 14.3 Å². The Morgan fingerprint density at radius 3 is 2.07 bits per heavy atom. The second-order valence-electron chi connectivity index (χ2n) is 9.26. The van der Waals surface area contributed by atoms with Gasteiger partial charge in [0.1, 0.15) is 5.82 Å². The molecule has 2 aromatic heterocycles. The smallest absolute Gasteiger partial charge is 0.329 e. The molecular formula is C33H42FN5O5. The summed E-state index contributed by atoms with van der Waals surface area (Å²) >= 11 is 0. The Hall–Kier alpha value is -4.80. The number of carbonyl (C=O) groups excluding carboxylic acids is 2. The first kappa shape index (κ1) is 35.4. The SMILES string of the molecule is C/C=C\C.CC.CC.Cc1cc(C(=O)N2CCN(C(=O)c3cc(Cn4c(=O)[nH]c(=O)c5ccccc54)ccc3F)CC2)on1. The van der Waals surface area contributed by atoms with Crippen molar-refractivity contribution in [2.75, 3.05) is 26.2 Å². The van der Waals surface area contributed by atoms with Crippen LogP contribution in [0.5, 0.6) is 0 Å². The fourth-order valence-electron chi connectivity index (χ4n) is 4.32. The van der Waals surface area contributed by atoms with Gasteiger partial charge in [-0.15, -0.1) is 0 Å². The lowest BCUT2D eigenvalue weighted by atomic mass is 10.1. The molecule has 2 aromatic carbocycles. The molecule has 1 N–H and O–H groups in total. The second kappa shape index (κ2) is 17.3. The number of piperazine rings is 1. The molecule has 44 heavy (non-hydrogen) atoms. The number of para-hydroxylation sites is 1. The molecule has 1 saturated heterocycles. The molecule has 2 amide bonds. The van der Waals surface area contributed by atoms with Crippen LogP contribution in [0.4, 0.5) is 4.39 Å². The van der Waals surface area contributed by atoms with Gasteiger partial charge in [-0.2, -0.15) is 0 Å². The number of fused-ring (bicyclic) bond motifs is 1. The van der Waals surface area contributed by atoms with E-state index in [1.54, 1.807) is 42.2 Å². The minimum Gasteiger partial charge on any atom is -0.351 e. The lowest BCUT2D eigenvalue weighted by molar-refractivity contribution is 0.0510. The fourth-order valence-corrected chi connectivity index (χ4v) is 4.32. The number of aryl methyl sites for hydroxylation is 1. The van der Waals surface area contributed by atoms with Gasteiger partial charge in [0.05, 0.1) is 28.7 Å². The number of hydrogen-bond acceptors (Lipinski definition) is 6. The van der Waals surface area contributed by atoms with Crippen molar-refractivity contribution in [3.63, 3.8) is 0 Å². The summed E-state index contributed by atoms with van der Waals surface area (Å²) in [6.45, 7) is 14.7. The first-order valence-electron chi connectivity index (χ1n) is 14.8. The number of aromatic nitrogens is 3. The molecule has 1 aliphatic heterocycles. The molecule has 1 aliphatic rings. The first-order valence-corrected chi connectivity index (χ1v) is 14.8. The number of rotatable bonds is 4. The van der Waals surface area contributed by atoms with Crippen LogP contribution in [0.3, 0.4) is 0 Å². The number of benzene rings is 2. The predicted molar refractivity (Wildman–Crippen MR) is 171 cm³/mol. The highest BCUT2D eigenvalue weighted by molar-refractivity contribution is 5.95. The van der Waals surface area contributed by atoms with Gasteiger partial charge in [0.2, 0.25) is 5.76 Å². The van der Waals surface area contributed by atoms with E-state index in [9.17, 15) is 23.6 Å². The molecule has 5 rings (SSSR count). The van der Waals surface area contributed by atoms with E-state index in [0.717, 1.165) is 0 Å². The summed E-state index contributed by atoms with van der Waals surface area (Å²) in [6.07, 6.45) is 4.00. The van der Waals surface area contributed by atoms with Crippen molar-refractivity contribution < 1.29 is 18.5 Å². The molecule has 1 fully saturated rings. The van der Waals surface area contributed by atoms with E-state index in [-0.39, 0.29) is 50.0 Å². The largest absolute Gasteiger partial charge is 0.351 e. The zero-order valence-electron chi connectivity index (χ0n) is 26.5. The van der Waals surface area contributed by atoms with Crippen molar-refractivity contribution >= 4 is 22.7 Å².